The van der Waals surface area contributed by atoms with Gasteiger partial charge in [0, 0.05) is 23.2 Å². The molecular weight excluding hydrogens is 563 g/mol. The van der Waals surface area contributed by atoms with Crippen LogP contribution in [0.4, 0.5) is 5.69 Å². The Bertz CT molecular complexity index is 1080. The van der Waals surface area contributed by atoms with Gasteiger partial charge in [-0.25, -0.2) is 5.43 Å². The van der Waals surface area contributed by atoms with Crippen molar-refractivity contribution >= 4 is 68.8 Å². The first-order valence-electron chi connectivity index (χ1n) is 10.6. The number of nitrogens with one attached hydrogen (secondary N) is 3. The average Bonchev–Trinajstić information content (AvgIpc) is 2.81. The largest absolute Gasteiger partial charge is 0.483 e. The van der Waals surface area contributed by atoms with Crippen molar-refractivity contribution in [1.29, 1.82) is 0 Å². The third-order valence-electron chi connectivity index (χ3n) is 4.19. The molecular formula is C23H25BrCl2N4O5. The van der Waals surface area contributed by atoms with Crippen LogP contribution in [0, 0.1) is 0 Å². The van der Waals surface area contributed by atoms with Gasteiger partial charge in [0.25, 0.3) is 5.91 Å². The number of benzene rings is 2. The van der Waals surface area contributed by atoms with Crippen LogP contribution in [0.1, 0.15) is 25.8 Å². The summed E-state index contributed by atoms with van der Waals surface area (Å²) in [6.07, 6.45) is 1.98. The van der Waals surface area contributed by atoms with Crippen molar-refractivity contribution in [3.63, 3.8) is 0 Å². The maximum atomic E-state index is 12.3. The number of hydrazone groups is 1. The minimum absolute atomic E-state index is 0.103. The van der Waals surface area contributed by atoms with Gasteiger partial charge >= 0.3 is 11.8 Å². The molecule has 3 amide bonds. The van der Waals surface area contributed by atoms with Gasteiger partial charge in [0.2, 0.25) is 0 Å². The van der Waals surface area contributed by atoms with Crippen LogP contribution in [0.3, 0.4) is 0 Å². The minimum atomic E-state index is -0.915. The molecule has 2 aromatic rings. The van der Waals surface area contributed by atoms with E-state index in [0.717, 1.165) is 0 Å². The number of nitrogens with zero attached hydrogens (tertiary/aromatic N) is 1. The van der Waals surface area contributed by atoms with E-state index in [-0.39, 0.29) is 17.7 Å². The third kappa shape index (κ3) is 10.2. The van der Waals surface area contributed by atoms with Crippen LogP contribution < -0.4 is 20.8 Å². The molecule has 0 saturated heterocycles. The second kappa shape index (κ2) is 14.7. The third-order valence-corrected chi connectivity index (χ3v) is 5.50. The number of anilines is 1. The van der Waals surface area contributed by atoms with E-state index in [9.17, 15) is 14.4 Å². The molecule has 188 valence electrons. The Labute approximate surface area is 221 Å². The van der Waals surface area contributed by atoms with Crippen molar-refractivity contribution in [1.82, 2.24) is 10.7 Å². The fourth-order valence-corrected chi connectivity index (χ4v) is 3.29. The van der Waals surface area contributed by atoms with E-state index in [1.165, 1.54) is 6.21 Å². The summed E-state index contributed by atoms with van der Waals surface area (Å²) in [5, 5.41) is 9.45. The fourth-order valence-electron chi connectivity index (χ4n) is 2.57. The molecule has 35 heavy (non-hydrogen) atoms. The second-order valence-corrected chi connectivity index (χ2v) is 9.05. The fraction of sp³-hybridized carbons (Fsp3) is 0.304. The highest BCUT2D eigenvalue weighted by Crippen LogP contribution is 2.29. The standard InChI is InChI=1S/C23H25BrCl2N4O5/c1-14(2)34-10-4-9-27-22(32)23(33)30-28-12-15-11-16(24)7-8-19(15)35-13-20(31)29-18-6-3-5-17(25)21(18)26/h3,5-8,11-12,14H,4,9-10,13H2,1-2H3,(H,27,32)(H,29,31)(H,30,33)/b28-12-. The van der Waals surface area contributed by atoms with Crippen molar-refractivity contribution in [3.8, 4) is 5.75 Å². The summed E-state index contributed by atoms with van der Waals surface area (Å²) in [6.45, 7) is 4.29. The maximum absolute atomic E-state index is 12.3. The molecule has 0 unspecified atom stereocenters. The van der Waals surface area contributed by atoms with Crippen LogP contribution in [0.5, 0.6) is 5.75 Å². The quantitative estimate of drug-likeness (QED) is 0.158. The van der Waals surface area contributed by atoms with Crippen molar-refractivity contribution in [2.24, 2.45) is 5.10 Å². The number of carbonyl (C=O) groups is 3. The molecule has 0 aliphatic heterocycles. The summed E-state index contributed by atoms with van der Waals surface area (Å²) < 4.78 is 11.7. The SMILES string of the molecule is CC(C)OCCCNC(=O)C(=O)N/N=C\c1cc(Br)ccc1OCC(=O)Nc1cccc(Cl)c1Cl. The van der Waals surface area contributed by atoms with E-state index in [4.69, 9.17) is 32.7 Å². The summed E-state index contributed by atoms with van der Waals surface area (Å²) >= 11 is 15.4. The second-order valence-electron chi connectivity index (χ2n) is 7.35. The van der Waals surface area contributed by atoms with Crippen molar-refractivity contribution < 1.29 is 23.9 Å². The Kier molecular flexibility index (Phi) is 12.0. The van der Waals surface area contributed by atoms with E-state index in [0.29, 0.717) is 46.1 Å². The first kappa shape index (κ1) is 28.6. The lowest BCUT2D eigenvalue weighted by molar-refractivity contribution is -0.139. The summed E-state index contributed by atoms with van der Waals surface area (Å²) in [7, 11) is 0. The summed E-state index contributed by atoms with van der Waals surface area (Å²) in [4.78, 5) is 36.0. The van der Waals surface area contributed by atoms with E-state index < -0.39 is 17.7 Å². The van der Waals surface area contributed by atoms with Gasteiger partial charge in [-0.2, -0.15) is 5.10 Å². The van der Waals surface area contributed by atoms with Crippen LogP contribution in [0.15, 0.2) is 46.0 Å². The molecule has 0 spiro atoms. The summed E-state index contributed by atoms with van der Waals surface area (Å²) in [6, 6.07) is 9.89. The van der Waals surface area contributed by atoms with Gasteiger partial charge in [0.05, 0.1) is 28.1 Å². The smallest absolute Gasteiger partial charge is 0.329 e. The van der Waals surface area contributed by atoms with E-state index in [1.54, 1.807) is 36.4 Å². The lowest BCUT2D eigenvalue weighted by atomic mass is 10.2. The van der Waals surface area contributed by atoms with Crippen LogP contribution in [0.2, 0.25) is 10.0 Å². The molecule has 0 saturated carbocycles. The molecule has 3 N–H and O–H groups in total. The number of halogens is 3. The number of ether oxygens (including phenoxy) is 2. The number of rotatable bonds is 11. The lowest BCUT2D eigenvalue weighted by Crippen LogP contribution is -2.38. The van der Waals surface area contributed by atoms with Gasteiger partial charge in [-0.15, -0.1) is 0 Å². The van der Waals surface area contributed by atoms with Gasteiger partial charge in [-0.05, 0) is 50.6 Å². The van der Waals surface area contributed by atoms with Crippen LogP contribution in [0.25, 0.3) is 0 Å². The monoisotopic (exact) mass is 586 g/mol. The lowest BCUT2D eigenvalue weighted by Gasteiger charge is -2.11. The number of carbonyl (C=O) groups excluding carboxylic acids is 3. The minimum Gasteiger partial charge on any atom is -0.483 e. The van der Waals surface area contributed by atoms with Crippen molar-refractivity contribution in [3.05, 3.63) is 56.5 Å². The molecule has 0 bridgehead atoms. The predicted octanol–water partition coefficient (Wildman–Crippen LogP) is 4.15. The Hall–Kier alpha value is -2.66. The van der Waals surface area contributed by atoms with E-state index >= 15 is 0 Å². The molecule has 0 aliphatic rings. The topological polar surface area (TPSA) is 118 Å². The maximum Gasteiger partial charge on any atom is 0.329 e. The Balaban J connectivity index is 1.88. The number of hydrogen-bond donors (Lipinski definition) is 3. The van der Waals surface area contributed by atoms with Crippen molar-refractivity contribution in [2.45, 2.75) is 26.4 Å². The number of hydrogen-bond acceptors (Lipinski definition) is 6. The zero-order valence-electron chi connectivity index (χ0n) is 19.1. The highest BCUT2D eigenvalue weighted by molar-refractivity contribution is 9.10. The Morgan fingerprint density at radius 3 is 2.66 bits per heavy atom. The summed E-state index contributed by atoms with van der Waals surface area (Å²) in [5.74, 6) is -1.85. The molecule has 0 heterocycles. The molecule has 0 aromatic heterocycles. The van der Waals surface area contributed by atoms with Gasteiger partial charge < -0.3 is 20.1 Å². The molecule has 0 radical (unpaired) electrons. The Morgan fingerprint density at radius 2 is 1.91 bits per heavy atom. The van der Waals surface area contributed by atoms with Gasteiger partial charge in [-0.3, -0.25) is 14.4 Å². The normalized spacial score (nSPS) is 10.9. The predicted molar refractivity (Wildman–Crippen MR) is 139 cm³/mol. The molecule has 0 atom stereocenters. The Morgan fingerprint density at radius 1 is 1.14 bits per heavy atom. The van der Waals surface area contributed by atoms with E-state index in [1.807, 2.05) is 13.8 Å². The first-order chi connectivity index (χ1) is 16.7. The van der Waals surface area contributed by atoms with Crippen LogP contribution in [-0.4, -0.2) is 49.8 Å². The zero-order valence-corrected chi connectivity index (χ0v) is 22.2. The number of amides is 3. The molecule has 0 aliphatic carbocycles. The average molecular weight is 588 g/mol. The first-order valence-corrected chi connectivity index (χ1v) is 12.1. The molecule has 2 rings (SSSR count). The van der Waals surface area contributed by atoms with Crippen LogP contribution in [-0.2, 0) is 19.1 Å². The molecule has 12 heteroatoms. The summed E-state index contributed by atoms with van der Waals surface area (Å²) in [5.41, 5.74) is 2.97. The molecule has 2 aromatic carbocycles. The van der Waals surface area contributed by atoms with Gasteiger partial charge in [0.1, 0.15) is 5.75 Å². The van der Waals surface area contributed by atoms with E-state index in [2.05, 4.69) is 37.1 Å². The van der Waals surface area contributed by atoms with Gasteiger partial charge in [0.15, 0.2) is 6.61 Å². The van der Waals surface area contributed by atoms with Crippen molar-refractivity contribution in [2.75, 3.05) is 25.1 Å². The highest BCUT2D eigenvalue weighted by atomic mass is 79.9. The molecule has 0 fully saturated rings. The molecule has 9 nitrogen and oxygen atoms in total. The zero-order chi connectivity index (χ0) is 25.8. The van der Waals surface area contributed by atoms with Crippen LogP contribution >= 0.6 is 39.1 Å². The van der Waals surface area contributed by atoms with Gasteiger partial charge in [-0.1, -0.05) is 45.2 Å². The highest BCUT2D eigenvalue weighted by Gasteiger charge is 2.13.